The Labute approximate surface area is 115 Å². The number of piperazine rings is 1. The van der Waals surface area contributed by atoms with Crippen LogP contribution in [0.2, 0.25) is 0 Å². The second kappa shape index (κ2) is 5.45. The fourth-order valence-corrected chi connectivity index (χ4v) is 2.48. The van der Waals surface area contributed by atoms with Crippen LogP contribution in [0, 0.1) is 10.1 Å². The Balaban J connectivity index is 2.52. The van der Waals surface area contributed by atoms with E-state index in [4.69, 9.17) is 0 Å². The summed E-state index contributed by atoms with van der Waals surface area (Å²) in [7, 11) is 1.60. The van der Waals surface area contributed by atoms with Gasteiger partial charge in [0, 0.05) is 26.7 Å². The number of rotatable bonds is 4. The Morgan fingerprint density at radius 3 is 2.90 bits per heavy atom. The molecule has 1 aliphatic rings. The summed E-state index contributed by atoms with van der Waals surface area (Å²) in [6, 6.07) is -0.831. The Kier molecular flexibility index (Phi) is 3.89. The van der Waals surface area contributed by atoms with Gasteiger partial charge in [-0.05, 0) is 6.42 Å². The van der Waals surface area contributed by atoms with Crippen molar-refractivity contribution in [2.24, 2.45) is 7.05 Å². The lowest BCUT2D eigenvalue weighted by Gasteiger charge is -2.34. The average Bonchev–Trinajstić information content (AvgIpc) is 2.75. The van der Waals surface area contributed by atoms with Crippen LogP contribution >= 0.6 is 0 Å². The first-order valence-electron chi connectivity index (χ1n) is 6.37. The maximum absolute atomic E-state index is 11.3. The van der Waals surface area contributed by atoms with Gasteiger partial charge in [-0.2, -0.15) is 5.10 Å². The molecule has 0 saturated carbocycles. The van der Waals surface area contributed by atoms with E-state index >= 15 is 0 Å². The summed E-state index contributed by atoms with van der Waals surface area (Å²) < 4.78 is 1.40. The zero-order valence-corrected chi connectivity index (χ0v) is 11.4. The number of aryl methyl sites for hydroxylation is 2. The fraction of sp³-hybridized carbons (Fsp3) is 0.636. The molecule has 9 nitrogen and oxygen atoms in total. The Hall–Kier alpha value is -2.16. The minimum atomic E-state index is -1.01. The summed E-state index contributed by atoms with van der Waals surface area (Å²) in [4.78, 5) is 23.7. The van der Waals surface area contributed by atoms with E-state index in [0.717, 1.165) is 0 Å². The van der Waals surface area contributed by atoms with E-state index in [-0.39, 0.29) is 18.1 Å². The summed E-state index contributed by atoms with van der Waals surface area (Å²) in [5.41, 5.74) is 0.276. The molecule has 110 valence electrons. The van der Waals surface area contributed by atoms with E-state index < -0.39 is 16.9 Å². The molecule has 0 radical (unpaired) electrons. The van der Waals surface area contributed by atoms with Crippen LogP contribution in [-0.4, -0.2) is 51.5 Å². The molecule has 0 aromatic carbocycles. The molecule has 1 unspecified atom stereocenters. The van der Waals surface area contributed by atoms with E-state index in [1.807, 2.05) is 0 Å². The molecule has 1 aromatic rings. The van der Waals surface area contributed by atoms with Crippen molar-refractivity contribution in [2.45, 2.75) is 19.4 Å². The van der Waals surface area contributed by atoms with Crippen LogP contribution in [0.15, 0.2) is 0 Å². The monoisotopic (exact) mass is 283 g/mol. The van der Waals surface area contributed by atoms with Crippen LogP contribution < -0.4 is 10.2 Å². The van der Waals surface area contributed by atoms with Gasteiger partial charge in [-0.3, -0.25) is 10.1 Å². The Morgan fingerprint density at radius 1 is 1.65 bits per heavy atom. The number of aliphatic carboxylic acids is 1. The van der Waals surface area contributed by atoms with Crippen LogP contribution in [0.25, 0.3) is 0 Å². The molecule has 2 N–H and O–H groups in total. The van der Waals surface area contributed by atoms with Crippen LogP contribution in [0.3, 0.4) is 0 Å². The third-order valence-electron chi connectivity index (χ3n) is 3.38. The van der Waals surface area contributed by atoms with E-state index in [1.54, 1.807) is 18.9 Å². The molecule has 0 spiro atoms. The summed E-state index contributed by atoms with van der Waals surface area (Å²) in [6.45, 7) is 3.00. The van der Waals surface area contributed by atoms with Crippen molar-refractivity contribution in [3.63, 3.8) is 0 Å². The quantitative estimate of drug-likeness (QED) is 0.578. The smallest absolute Gasteiger partial charge is 0.334 e. The predicted molar refractivity (Wildman–Crippen MR) is 70.9 cm³/mol. The zero-order chi connectivity index (χ0) is 14.9. The third kappa shape index (κ3) is 2.31. The highest BCUT2D eigenvalue weighted by Crippen LogP contribution is 2.33. The number of carbonyl (C=O) groups is 1. The number of nitro groups is 1. The molecule has 9 heteroatoms. The van der Waals surface area contributed by atoms with Crippen molar-refractivity contribution in [1.29, 1.82) is 0 Å². The molecule has 1 fully saturated rings. The predicted octanol–water partition coefficient (Wildman–Crippen LogP) is -0.246. The standard InChI is InChI=1S/C11H17N5O4/c1-3-7-9(16(19)20)10(14(2)13-7)15-5-4-12-6-8(15)11(17)18/h8,12H,3-6H2,1-2H3,(H,17,18). The summed E-state index contributed by atoms with van der Waals surface area (Å²) in [6.07, 6.45) is 0.425. The van der Waals surface area contributed by atoms with Gasteiger partial charge >= 0.3 is 11.7 Å². The molecule has 0 bridgehead atoms. The van der Waals surface area contributed by atoms with Gasteiger partial charge in [-0.25, -0.2) is 9.48 Å². The number of nitrogens with zero attached hydrogens (tertiary/aromatic N) is 4. The highest BCUT2D eigenvalue weighted by molar-refractivity contribution is 5.80. The molecule has 0 amide bonds. The van der Waals surface area contributed by atoms with E-state index in [1.165, 1.54) is 4.68 Å². The van der Waals surface area contributed by atoms with Gasteiger partial charge in [0.1, 0.15) is 11.7 Å². The Morgan fingerprint density at radius 2 is 2.35 bits per heavy atom. The van der Waals surface area contributed by atoms with Gasteiger partial charge < -0.3 is 15.3 Å². The number of anilines is 1. The normalized spacial score (nSPS) is 19.1. The number of carboxylic acids is 1. The summed E-state index contributed by atoms with van der Waals surface area (Å²) in [5.74, 6) is -0.744. The zero-order valence-electron chi connectivity index (χ0n) is 11.4. The van der Waals surface area contributed by atoms with Crippen molar-refractivity contribution in [2.75, 3.05) is 24.5 Å². The van der Waals surface area contributed by atoms with Crippen LogP contribution in [0.4, 0.5) is 11.5 Å². The third-order valence-corrected chi connectivity index (χ3v) is 3.38. The van der Waals surface area contributed by atoms with E-state index in [2.05, 4.69) is 10.4 Å². The minimum absolute atomic E-state index is 0.0943. The molecule has 1 aromatic heterocycles. The maximum Gasteiger partial charge on any atom is 0.334 e. The molecular formula is C11H17N5O4. The lowest BCUT2D eigenvalue weighted by molar-refractivity contribution is -0.384. The number of hydrogen-bond donors (Lipinski definition) is 2. The van der Waals surface area contributed by atoms with Gasteiger partial charge in [0.15, 0.2) is 0 Å². The van der Waals surface area contributed by atoms with Crippen LogP contribution in [0.5, 0.6) is 0 Å². The number of hydrogen-bond acceptors (Lipinski definition) is 6. The van der Waals surface area contributed by atoms with Gasteiger partial charge in [0.25, 0.3) is 0 Å². The van der Waals surface area contributed by atoms with Crippen LogP contribution in [-0.2, 0) is 18.3 Å². The second-order valence-corrected chi connectivity index (χ2v) is 4.60. The lowest BCUT2D eigenvalue weighted by atomic mass is 10.1. The summed E-state index contributed by atoms with van der Waals surface area (Å²) in [5, 5.41) is 27.7. The first-order valence-corrected chi connectivity index (χ1v) is 6.37. The number of nitrogens with one attached hydrogen (secondary N) is 1. The highest BCUT2D eigenvalue weighted by atomic mass is 16.6. The topological polar surface area (TPSA) is 114 Å². The van der Waals surface area contributed by atoms with E-state index in [0.29, 0.717) is 25.2 Å². The van der Waals surface area contributed by atoms with Crippen LogP contribution in [0.1, 0.15) is 12.6 Å². The molecule has 2 heterocycles. The maximum atomic E-state index is 11.3. The van der Waals surface area contributed by atoms with Gasteiger partial charge in [0.05, 0.1) is 4.92 Å². The second-order valence-electron chi connectivity index (χ2n) is 4.60. The molecule has 1 atom stereocenters. The van der Waals surface area contributed by atoms with Gasteiger partial charge in [0.2, 0.25) is 5.82 Å². The van der Waals surface area contributed by atoms with Gasteiger partial charge in [-0.1, -0.05) is 6.92 Å². The largest absolute Gasteiger partial charge is 0.480 e. The fourth-order valence-electron chi connectivity index (χ4n) is 2.48. The molecule has 0 aliphatic carbocycles. The van der Waals surface area contributed by atoms with Crippen molar-refractivity contribution in [3.05, 3.63) is 15.8 Å². The number of carboxylic acid groups (broad SMARTS) is 1. The average molecular weight is 283 g/mol. The molecule has 2 rings (SSSR count). The lowest BCUT2D eigenvalue weighted by Crippen LogP contribution is -2.55. The van der Waals surface area contributed by atoms with Crippen molar-refractivity contribution < 1.29 is 14.8 Å². The Bertz CT molecular complexity index is 541. The van der Waals surface area contributed by atoms with E-state index in [9.17, 15) is 20.0 Å². The first kappa shape index (κ1) is 14.3. The molecule has 20 heavy (non-hydrogen) atoms. The molecular weight excluding hydrogens is 266 g/mol. The summed E-state index contributed by atoms with van der Waals surface area (Å²) >= 11 is 0. The first-order chi connectivity index (χ1) is 9.47. The van der Waals surface area contributed by atoms with Crippen molar-refractivity contribution in [1.82, 2.24) is 15.1 Å². The number of aromatic nitrogens is 2. The SMILES string of the molecule is CCc1nn(C)c(N2CCNCC2C(=O)O)c1[N+](=O)[O-]. The van der Waals surface area contributed by atoms with Crippen molar-refractivity contribution in [3.8, 4) is 0 Å². The van der Waals surface area contributed by atoms with Gasteiger partial charge in [-0.15, -0.1) is 0 Å². The minimum Gasteiger partial charge on any atom is -0.480 e. The van der Waals surface area contributed by atoms with Crippen molar-refractivity contribution >= 4 is 17.5 Å². The molecule has 1 saturated heterocycles. The molecule has 1 aliphatic heterocycles. The highest BCUT2D eigenvalue weighted by Gasteiger charge is 2.37.